The highest BCUT2D eigenvalue weighted by molar-refractivity contribution is 5.98. The SMILES string of the molecule is COc1cc(OC)cc(-c2c(CN)c(N(C)c3ccc4ccccc4c3)nc3c2c(=O)n(C)c(=O)n3C)c1. The number of nitrogens with zero attached hydrogens (tertiary/aromatic N) is 4. The first-order valence-electron chi connectivity index (χ1n) is 12.1. The lowest BCUT2D eigenvalue weighted by Gasteiger charge is -2.25. The molecule has 0 aliphatic heterocycles. The Morgan fingerprint density at radius 2 is 1.55 bits per heavy atom. The van der Waals surface area contributed by atoms with Gasteiger partial charge in [-0.15, -0.1) is 0 Å². The lowest BCUT2D eigenvalue weighted by molar-refractivity contribution is 0.394. The second-order valence-corrected chi connectivity index (χ2v) is 9.09. The fourth-order valence-corrected chi connectivity index (χ4v) is 4.86. The summed E-state index contributed by atoms with van der Waals surface area (Å²) < 4.78 is 13.5. The molecule has 0 fully saturated rings. The van der Waals surface area contributed by atoms with Gasteiger partial charge in [0.05, 0.1) is 19.6 Å². The van der Waals surface area contributed by atoms with E-state index in [2.05, 4.69) is 12.1 Å². The van der Waals surface area contributed by atoms with E-state index in [0.717, 1.165) is 21.0 Å². The molecule has 194 valence electrons. The van der Waals surface area contributed by atoms with Gasteiger partial charge in [0.15, 0.2) is 5.65 Å². The number of hydrogen-bond donors (Lipinski definition) is 1. The fraction of sp³-hybridized carbons (Fsp3) is 0.207. The van der Waals surface area contributed by atoms with Crippen LogP contribution in [0.3, 0.4) is 0 Å². The van der Waals surface area contributed by atoms with Crippen LogP contribution in [0.15, 0.2) is 70.3 Å². The van der Waals surface area contributed by atoms with Gasteiger partial charge >= 0.3 is 5.69 Å². The lowest BCUT2D eigenvalue weighted by Crippen LogP contribution is -2.38. The van der Waals surface area contributed by atoms with E-state index in [0.29, 0.717) is 39.4 Å². The maximum atomic E-state index is 13.6. The lowest BCUT2D eigenvalue weighted by atomic mass is 9.96. The van der Waals surface area contributed by atoms with Crippen molar-refractivity contribution in [2.75, 3.05) is 26.2 Å². The average Bonchev–Trinajstić information content (AvgIpc) is 2.96. The molecule has 0 saturated carbocycles. The summed E-state index contributed by atoms with van der Waals surface area (Å²) in [4.78, 5) is 33.3. The van der Waals surface area contributed by atoms with Gasteiger partial charge in [0, 0.05) is 50.6 Å². The molecule has 0 bridgehead atoms. The first-order chi connectivity index (χ1) is 18.3. The van der Waals surface area contributed by atoms with E-state index in [1.807, 2.05) is 54.4 Å². The first kappa shape index (κ1) is 25.0. The van der Waals surface area contributed by atoms with Crippen molar-refractivity contribution in [3.8, 4) is 22.6 Å². The van der Waals surface area contributed by atoms with E-state index >= 15 is 0 Å². The van der Waals surface area contributed by atoms with Crippen LogP contribution in [-0.2, 0) is 20.6 Å². The van der Waals surface area contributed by atoms with Gasteiger partial charge in [-0.2, -0.15) is 0 Å². The average molecular weight is 512 g/mol. The molecule has 0 radical (unpaired) electrons. The van der Waals surface area contributed by atoms with E-state index in [1.54, 1.807) is 27.3 Å². The number of nitrogens with two attached hydrogens (primary N) is 1. The molecule has 0 saturated heterocycles. The molecule has 2 heterocycles. The Balaban J connectivity index is 1.90. The van der Waals surface area contributed by atoms with Crippen LogP contribution >= 0.6 is 0 Å². The topological polar surface area (TPSA) is 105 Å². The van der Waals surface area contributed by atoms with Crippen molar-refractivity contribution < 1.29 is 9.47 Å². The number of ether oxygens (including phenoxy) is 2. The zero-order valence-electron chi connectivity index (χ0n) is 22.0. The quantitative estimate of drug-likeness (QED) is 0.371. The highest BCUT2D eigenvalue weighted by atomic mass is 16.5. The van der Waals surface area contributed by atoms with Crippen LogP contribution in [0.2, 0.25) is 0 Å². The van der Waals surface area contributed by atoms with E-state index in [1.165, 1.54) is 11.6 Å². The number of fused-ring (bicyclic) bond motifs is 2. The zero-order chi connectivity index (χ0) is 27.1. The summed E-state index contributed by atoms with van der Waals surface area (Å²) >= 11 is 0. The van der Waals surface area contributed by atoms with Gasteiger partial charge in [-0.05, 0) is 40.6 Å². The molecule has 0 amide bonds. The largest absolute Gasteiger partial charge is 0.497 e. The van der Waals surface area contributed by atoms with Crippen molar-refractivity contribution in [3.63, 3.8) is 0 Å². The molecule has 3 aromatic carbocycles. The van der Waals surface area contributed by atoms with Crippen LogP contribution in [0.1, 0.15) is 5.56 Å². The summed E-state index contributed by atoms with van der Waals surface area (Å²) in [5, 5.41) is 2.48. The van der Waals surface area contributed by atoms with Crippen molar-refractivity contribution in [1.29, 1.82) is 0 Å². The van der Waals surface area contributed by atoms with Crippen LogP contribution in [0.25, 0.3) is 32.9 Å². The Morgan fingerprint density at radius 3 is 2.18 bits per heavy atom. The van der Waals surface area contributed by atoms with Crippen LogP contribution in [0.4, 0.5) is 11.5 Å². The minimum absolute atomic E-state index is 0.0943. The van der Waals surface area contributed by atoms with Gasteiger partial charge in [0.2, 0.25) is 0 Å². The number of anilines is 2. The predicted octanol–water partition coefficient (Wildman–Crippen LogP) is 3.70. The van der Waals surface area contributed by atoms with Crippen molar-refractivity contribution in [2.45, 2.75) is 6.54 Å². The summed E-state index contributed by atoms with van der Waals surface area (Å²) in [7, 11) is 8.09. The van der Waals surface area contributed by atoms with E-state index < -0.39 is 11.2 Å². The number of benzene rings is 3. The number of aromatic nitrogens is 3. The summed E-state index contributed by atoms with van der Waals surface area (Å²) in [6.45, 7) is 0.0943. The Hall–Kier alpha value is -4.63. The highest BCUT2D eigenvalue weighted by Gasteiger charge is 2.24. The van der Waals surface area contributed by atoms with Crippen LogP contribution in [0, 0.1) is 0 Å². The smallest absolute Gasteiger partial charge is 0.332 e. The molecule has 0 aliphatic carbocycles. The summed E-state index contributed by atoms with van der Waals surface area (Å²) in [5.41, 5.74) is 8.49. The third kappa shape index (κ3) is 3.97. The van der Waals surface area contributed by atoms with Gasteiger partial charge < -0.3 is 20.1 Å². The number of hydrogen-bond acceptors (Lipinski definition) is 7. The molecular weight excluding hydrogens is 482 g/mol. The van der Waals surface area contributed by atoms with Gasteiger partial charge in [0.25, 0.3) is 5.56 Å². The molecule has 5 aromatic rings. The minimum Gasteiger partial charge on any atom is -0.497 e. The predicted molar refractivity (Wildman–Crippen MR) is 151 cm³/mol. The maximum absolute atomic E-state index is 13.6. The monoisotopic (exact) mass is 511 g/mol. The van der Waals surface area contributed by atoms with Gasteiger partial charge in [-0.1, -0.05) is 30.3 Å². The van der Waals surface area contributed by atoms with Crippen molar-refractivity contribution >= 4 is 33.3 Å². The Morgan fingerprint density at radius 1 is 0.895 bits per heavy atom. The summed E-state index contributed by atoms with van der Waals surface area (Å²) in [6.07, 6.45) is 0. The van der Waals surface area contributed by atoms with Gasteiger partial charge in [0.1, 0.15) is 17.3 Å². The molecule has 0 spiro atoms. The van der Waals surface area contributed by atoms with Gasteiger partial charge in [-0.25, -0.2) is 9.78 Å². The third-order valence-electron chi connectivity index (χ3n) is 6.95. The van der Waals surface area contributed by atoms with Crippen molar-refractivity contribution in [2.24, 2.45) is 19.8 Å². The fourth-order valence-electron chi connectivity index (χ4n) is 4.86. The molecule has 38 heavy (non-hydrogen) atoms. The second kappa shape index (κ2) is 9.68. The third-order valence-corrected chi connectivity index (χ3v) is 6.95. The molecule has 9 heteroatoms. The molecule has 9 nitrogen and oxygen atoms in total. The molecule has 2 aromatic heterocycles. The van der Waals surface area contributed by atoms with Crippen molar-refractivity contribution in [3.05, 3.63) is 87.1 Å². The molecular formula is C29H29N5O4. The molecule has 0 atom stereocenters. The zero-order valence-corrected chi connectivity index (χ0v) is 22.0. The normalized spacial score (nSPS) is 11.2. The van der Waals surface area contributed by atoms with Gasteiger partial charge in [-0.3, -0.25) is 13.9 Å². The minimum atomic E-state index is -0.469. The number of methoxy groups -OCH3 is 2. The van der Waals surface area contributed by atoms with E-state index in [4.69, 9.17) is 20.2 Å². The van der Waals surface area contributed by atoms with Crippen LogP contribution < -0.4 is 31.4 Å². The number of aryl methyl sites for hydroxylation is 1. The van der Waals surface area contributed by atoms with Crippen LogP contribution in [0.5, 0.6) is 11.5 Å². The van der Waals surface area contributed by atoms with E-state index in [-0.39, 0.29) is 12.2 Å². The summed E-state index contributed by atoms with van der Waals surface area (Å²) in [5.74, 6) is 1.65. The molecule has 0 unspecified atom stereocenters. The molecule has 0 aliphatic rings. The Labute approximate surface area is 219 Å². The number of pyridine rings is 1. The Bertz CT molecular complexity index is 1800. The van der Waals surface area contributed by atoms with E-state index in [9.17, 15) is 9.59 Å². The first-order valence-corrected chi connectivity index (χ1v) is 12.1. The molecule has 5 rings (SSSR count). The standard InChI is InChI=1S/C29H29N5O4/c1-32(20-11-10-17-8-6-7-9-18(17)12-20)26-23(16-30)24(19-13-21(37-4)15-22(14-19)38-5)25-27(31-26)33(2)29(36)34(3)28(25)35/h6-15H,16,30H2,1-5H3. The highest BCUT2D eigenvalue weighted by Crippen LogP contribution is 2.39. The van der Waals surface area contributed by atoms with Crippen LogP contribution in [-0.4, -0.2) is 35.4 Å². The number of rotatable bonds is 6. The second-order valence-electron chi connectivity index (χ2n) is 9.09. The summed E-state index contributed by atoms with van der Waals surface area (Å²) in [6, 6.07) is 19.6. The molecule has 2 N–H and O–H groups in total. The van der Waals surface area contributed by atoms with Crippen molar-refractivity contribution in [1.82, 2.24) is 14.1 Å². The Kier molecular flexibility index (Phi) is 6.38. The maximum Gasteiger partial charge on any atom is 0.332 e.